The van der Waals surface area contributed by atoms with Gasteiger partial charge in [-0.25, -0.2) is 0 Å². The Morgan fingerprint density at radius 3 is 2.44 bits per heavy atom. The molecule has 0 aromatic heterocycles. The zero-order chi connectivity index (χ0) is 18.4. The standard InChI is InChI=1S/C26H25.Zr/c1-2-26(14-7-15-26)18-19-16-21-10-6-13-24(25(21)17-19)23-12-5-9-20-8-3-4-11-22(20)23;/h3-6,8-13,16-17H,2,7,14-15,18H2,1H3;. The zero-order valence-electron chi connectivity index (χ0n) is 16.0. The Hall–Kier alpha value is -1.46. The molecule has 0 radical (unpaired) electrons. The minimum absolute atomic E-state index is 0.599. The molecule has 27 heavy (non-hydrogen) atoms. The predicted octanol–water partition coefficient (Wildman–Crippen LogP) is 7.46. The van der Waals surface area contributed by atoms with Crippen molar-refractivity contribution in [2.45, 2.75) is 42.7 Å². The van der Waals surface area contributed by atoms with E-state index in [1.54, 1.807) is 35.9 Å². The van der Waals surface area contributed by atoms with Crippen molar-refractivity contribution in [3.05, 3.63) is 77.4 Å². The first-order valence-corrected chi connectivity index (χ1v) is 11.7. The molecule has 5 rings (SSSR count). The number of hydrogen-bond acceptors (Lipinski definition) is 0. The summed E-state index contributed by atoms with van der Waals surface area (Å²) >= 11 is 1.63. The fourth-order valence-corrected chi connectivity index (χ4v) is 6.15. The molecular formula is C26H25Zr. The van der Waals surface area contributed by atoms with Crippen LogP contribution in [0.1, 0.15) is 53.8 Å². The van der Waals surface area contributed by atoms with Gasteiger partial charge < -0.3 is 0 Å². The fraction of sp³-hybridized carbons (Fsp3) is 0.308. The number of benzene rings is 3. The molecule has 1 atom stereocenters. The molecule has 0 saturated heterocycles. The van der Waals surface area contributed by atoms with Crippen molar-refractivity contribution in [3.63, 3.8) is 0 Å². The van der Waals surface area contributed by atoms with Crippen LogP contribution in [0.15, 0.2) is 66.2 Å². The molecule has 3 aromatic rings. The van der Waals surface area contributed by atoms with E-state index in [9.17, 15) is 0 Å². The molecule has 0 nitrogen and oxygen atoms in total. The van der Waals surface area contributed by atoms with Gasteiger partial charge in [0.25, 0.3) is 0 Å². The minimum atomic E-state index is 0.599. The second kappa shape index (κ2) is 6.86. The number of rotatable bonds is 4. The van der Waals surface area contributed by atoms with E-state index in [0.29, 0.717) is 9.04 Å². The Labute approximate surface area is 177 Å². The average molecular weight is 429 g/mol. The average Bonchev–Trinajstić information content (AvgIpc) is 3.00. The van der Waals surface area contributed by atoms with E-state index in [0.717, 1.165) is 0 Å². The topological polar surface area (TPSA) is 0 Å². The molecule has 0 aliphatic heterocycles. The summed E-state index contributed by atoms with van der Waals surface area (Å²) in [6.45, 7) is 2.39. The molecule has 0 heterocycles. The normalized spacial score (nSPS) is 20.1. The molecule has 3 aromatic carbocycles. The van der Waals surface area contributed by atoms with Crippen molar-refractivity contribution in [1.82, 2.24) is 0 Å². The maximum atomic E-state index is 2.56. The van der Waals surface area contributed by atoms with Gasteiger partial charge in [0.1, 0.15) is 0 Å². The van der Waals surface area contributed by atoms with Crippen LogP contribution in [0, 0.1) is 5.41 Å². The van der Waals surface area contributed by atoms with Gasteiger partial charge in [-0.1, -0.05) is 0 Å². The molecule has 2 aliphatic carbocycles. The first-order chi connectivity index (χ1) is 13.2. The van der Waals surface area contributed by atoms with E-state index in [1.807, 2.05) is 0 Å². The Balaban J connectivity index is 1.62. The van der Waals surface area contributed by atoms with E-state index in [2.05, 4.69) is 73.7 Å². The van der Waals surface area contributed by atoms with Gasteiger partial charge >= 0.3 is 178 Å². The Bertz CT molecular complexity index is 1030. The third-order valence-electron chi connectivity index (χ3n) is 6.97. The number of allylic oxidation sites excluding steroid dienone is 1. The van der Waals surface area contributed by atoms with Crippen LogP contribution >= 0.6 is 0 Å². The molecule has 1 unspecified atom stereocenters. The van der Waals surface area contributed by atoms with E-state index in [1.165, 1.54) is 59.6 Å². The molecule has 0 spiro atoms. The molecule has 1 fully saturated rings. The number of fused-ring (bicyclic) bond motifs is 2. The van der Waals surface area contributed by atoms with Crippen LogP contribution in [0.2, 0.25) is 0 Å². The predicted molar refractivity (Wildman–Crippen MR) is 111 cm³/mol. The van der Waals surface area contributed by atoms with Crippen molar-refractivity contribution in [3.8, 4) is 11.1 Å². The van der Waals surface area contributed by atoms with Gasteiger partial charge in [-0.15, -0.1) is 0 Å². The first-order valence-electron chi connectivity index (χ1n) is 10.2. The summed E-state index contributed by atoms with van der Waals surface area (Å²) in [7, 11) is 0. The van der Waals surface area contributed by atoms with Crippen LogP contribution in [0.5, 0.6) is 0 Å². The van der Waals surface area contributed by atoms with Gasteiger partial charge in [0, 0.05) is 0 Å². The van der Waals surface area contributed by atoms with E-state index in [-0.39, 0.29) is 0 Å². The monoisotopic (exact) mass is 427 g/mol. The zero-order valence-corrected chi connectivity index (χ0v) is 18.4. The molecular weight excluding hydrogens is 404 g/mol. The molecule has 133 valence electrons. The SMILES string of the molecule is CCC1(CC2=Cc3c(-c4cccc5ccccc45)cccc3[CH]2[Zr])CCC1. The van der Waals surface area contributed by atoms with Crippen molar-refractivity contribution < 1.29 is 24.7 Å². The van der Waals surface area contributed by atoms with Crippen LogP contribution in [-0.2, 0) is 24.7 Å². The van der Waals surface area contributed by atoms with E-state index >= 15 is 0 Å². The van der Waals surface area contributed by atoms with Crippen LogP contribution in [0.3, 0.4) is 0 Å². The van der Waals surface area contributed by atoms with Gasteiger partial charge in [0.2, 0.25) is 0 Å². The molecule has 1 saturated carbocycles. The third-order valence-corrected chi connectivity index (χ3v) is 8.65. The van der Waals surface area contributed by atoms with Crippen molar-refractivity contribution >= 4 is 16.8 Å². The molecule has 2 aliphatic rings. The summed E-state index contributed by atoms with van der Waals surface area (Å²) in [4.78, 5) is 0. The quantitative estimate of drug-likeness (QED) is 0.404. The Kier molecular flexibility index (Phi) is 4.48. The van der Waals surface area contributed by atoms with Crippen LogP contribution < -0.4 is 0 Å². The van der Waals surface area contributed by atoms with Crippen molar-refractivity contribution in [2.24, 2.45) is 5.41 Å². The van der Waals surface area contributed by atoms with Gasteiger partial charge in [-0.05, 0) is 0 Å². The summed E-state index contributed by atoms with van der Waals surface area (Å²) < 4.78 is 0.645. The Morgan fingerprint density at radius 2 is 1.67 bits per heavy atom. The van der Waals surface area contributed by atoms with Gasteiger partial charge in [-0.2, -0.15) is 0 Å². The summed E-state index contributed by atoms with van der Waals surface area (Å²) in [5.41, 5.74) is 8.11. The molecule has 0 bridgehead atoms. The summed E-state index contributed by atoms with van der Waals surface area (Å²) in [5, 5.41) is 2.69. The number of hydrogen-bond donors (Lipinski definition) is 0. The molecule has 0 N–H and O–H groups in total. The summed E-state index contributed by atoms with van der Waals surface area (Å²) in [6.07, 6.45) is 9.48. The summed E-state index contributed by atoms with van der Waals surface area (Å²) in [5.74, 6) is 0. The molecule has 1 heteroatoms. The van der Waals surface area contributed by atoms with Gasteiger partial charge in [0.05, 0.1) is 0 Å². The molecule has 0 amide bonds. The fourth-order valence-electron chi connectivity index (χ4n) is 5.08. The summed E-state index contributed by atoms with van der Waals surface area (Å²) in [6, 6.07) is 22.4. The van der Waals surface area contributed by atoms with Crippen molar-refractivity contribution in [1.29, 1.82) is 0 Å². The van der Waals surface area contributed by atoms with E-state index < -0.39 is 0 Å². The van der Waals surface area contributed by atoms with Gasteiger partial charge in [0.15, 0.2) is 0 Å². The van der Waals surface area contributed by atoms with Crippen molar-refractivity contribution in [2.75, 3.05) is 0 Å². The second-order valence-corrected chi connectivity index (χ2v) is 9.79. The van der Waals surface area contributed by atoms with Crippen LogP contribution in [0.25, 0.3) is 28.0 Å². The first kappa shape index (κ1) is 17.6. The third kappa shape index (κ3) is 2.90. The van der Waals surface area contributed by atoms with Gasteiger partial charge in [-0.3, -0.25) is 0 Å². The van der Waals surface area contributed by atoms with E-state index in [4.69, 9.17) is 0 Å². The van der Waals surface area contributed by atoms with Crippen LogP contribution in [-0.4, -0.2) is 0 Å². The maximum absolute atomic E-state index is 2.56. The Morgan fingerprint density at radius 1 is 0.926 bits per heavy atom. The van der Waals surface area contributed by atoms with Crippen LogP contribution in [0.4, 0.5) is 0 Å². The second-order valence-electron chi connectivity index (χ2n) is 8.37.